The second kappa shape index (κ2) is 3.30. The number of aliphatic hydroxyl groups is 2. The molecule has 12 heavy (non-hydrogen) atoms. The predicted octanol–water partition coefficient (Wildman–Crippen LogP) is -1.19. The van der Waals surface area contributed by atoms with Gasteiger partial charge in [-0.1, -0.05) is 0 Å². The average molecular weight is 173 g/mol. The predicted molar refractivity (Wildman–Crippen MR) is 42.8 cm³/mol. The first-order chi connectivity index (χ1) is 5.79. The van der Waals surface area contributed by atoms with Gasteiger partial charge >= 0.3 is 0 Å². The first-order valence-corrected chi connectivity index (χ1v) is 4.44. The summed E-state index contributed by atoms with van der Waals surface area (Å²) >= 11 is 0. The second-order valence-electron chi connectivity index (χ2n) is 3.64. The normalized spacial score (nSPS) is 42.0. The monoisotopic (exact) mass is 173 g/mol. The molecular weight excluding hydrogens is 158 g/mol. The molecule has 0 aromatic rings. The van der Waals surface area contributed by atoms with E-state index >= 15 is 0 Å². The van der Waals surface area contributed by atoms with Crippen molar-refractivity contribution in [3.63, 3.8) is 0 Å². The molecule has 70 valence electrons. The van der Waals surface area contributed by atoms with E-state index in [1.54, 1.807) is 0 Å². The number of nitrogens with zero attached hydrogens (tertiary/aromatic N) is 1. The van der Waals surface area contributed by atoms with Gasteiger partial charge in [-0.25, -0.2) is 0 Å². The third kappa shape index (κ3) is 1.77. The Hall–Kier alpha value is -0.160. The van der Waals surface area contributed by atoms with E-state index in [0.717, 1.165) is 13.2 Å². The van der Waals surface area contributed by atoms with Crippen LogP contribution in [0.5, 0.6) is 0 Å². The van der Waals surface area contributed by atoms with Crippen molar-refractivity contribution in [1.82, 2.24) is 4.90 Å². The van der Waals surface area contributed by atoms with E-state index in [1.165, 1.54) is 0 Å². The van der Waals surface area contributed by atoms with Crippen LogP contribution in [0.25, 0.3) is 0 Å². The Bertz CT molecular complexity index is 160. The van der Waals surface area contributed by atoms with Crippen LogP contribution in [0.15, 0.2) is 0 Å². The quantitative estimate of drug-likeness (QED) is 0.527. The standard InChI is InChI=1S/C8H15NO3/c10-4-6-1-7(11)2-9(6)3-8-5-12-8/h6-8,10-11H,1-5H2/t6?,7?,8-/m0/s1. The number of aliphatic hydroxyl groups excluding tert-OH is 2. The first-order valence-electron chi connectivity index (χ1n) is 4.44. The molecule has 4 nitrogen and oxygen atoms in total. The Balaban J connectivity index is 1.84. The molecule has 0 aromatic carbocycles. The molecule has 0 spiro atoms. The van der Waals surface area contributed by atoms with Crippen LogP contribution < -0.4 is 0 Å². The Morgan fingerprint density at radius 3 is 2.83 bits per heavy atom. The van der Waals surface area contributed by atoms with Gasteiger partial charge in [0, 0.05) is 19.1 Å². The second-order valence-corrected chi connectivity index (χ2v) is 3.64. The highest BCUT2D eigenvalue weighted by atomic mass is 16.6. The maximum Gasteiger partial charge on any atom is 0.0936 e. The highest BCUT2D eigenvalue weighted by Crippen LogP contribution is 2.21. The van der Waals surface area contributed by atoms with Gasteiger partial charge in [0.15, 0.2) is 0 Å². The molecule has 2 aliphatic heterocycles. The number of hydrogen-bond acceptors (Lipinski definition) is 4. The molecule has 2 saturated heterocycles. The third-order valence-corrected chi connectivity index (χ3v) is 2.56. The zero-order chi connectivity index (χ0) is 8.55. The van der Waals surface area contributed by atoms with E-state index in [0.29, 0.717) is 19.1 Å². The molecular formula is C8H15NO3. The topological polar surface area (TPSA) is 56.2 Å². The summed E-state index contributed by atoms with van der Waals surface area (Å²) < 4.78 is 5.09. The first kappa shape index (κ1) is 8.44. The van der Waals surface area contributed by atoms with Crippen LogP contribution >= 0.6 is 0 Å². The Labute approximate surface area is 71.7 Å². The summed E-state index contributed by atoms with van der Waals surface area (Å²) in [4.78, 5) is 2.11. The van der Waals surface area contributed by atoms with Crippen molar-refractivity contribution in [2.45, 2.75) is 24.7 Å². The van der Waals surface area contributed by atoms with Gasteiger partial charge in [-0.2, -0.15) is 0 Å². The average Bonchev–Trinajstić information content (AvgIpc) is 2.76. The summed E-state index contributed by atoms with van der Waals surface area (Å²) in [6, 6.07) is 0.143. The summed E-state index contributed by atoms with van der Waals surface area (Å²) in [6.45, 7) is 2.53. The van der Waals surface area contributed by atoms with Gasteiger partial charge in [0.2, 0.25) is 0 Å². The van der Waals surface area contributed by atoms with E-state index in [1.807, 2.05) is 0 Å². The molecule has 4 heteroatoms. The van der Waals surface area contributed by atoms with Crippen molar-refractivity contribution in [3.05, 3.63) is 0 Å². The molecule has 0 aliphatic carbocycles. The molecule has 2 aliphatic rings. The molecule has 2 unspecified atom stereocenters. The molecule has 0 aromatic heterocycles. The van der Waals surface area contributed by atoms with Crippen molar-refractivity contribution < 1.29 is 14.9 Å². The minimum atomic E-state index is -0.263. The molecule has 0 saturated carbocycles. The fraction of sp³-hybridized carbons (Fsp3) is 1.00. The maximum atomic E-state index is 9.34. The number of ether oxygens (including phenoxy) is 1. The zero-order valence-electron chi connectivity index (χ0n) is 7.02. The highest BCUT2D eigenvalue weighted by Gasteiger charge is 2.35. The lowest BCUT2D eigenvalue weighted by Crippen LogP contribution is -2.35. The molecule has 2 rings (SSSR count). The summed E-state index contributed by atoms with van der Waals surface area (Å²) in [5.74, 6) is 0. The highest BCUT2D eigenvalue weighted by molar-refractivity contribution is 4.88. The lowest BCUT2D eigenvalue weighted by Gasteiger charge is -2.20. The lowest BCUT2D eigenvalue weighted by molar-refractivity contribution is 0.146. The molecule has 2 fully saturated rings. The van der Waals surface area contributed by atoms with E-state index in [9.17, 15) is 5.11 Å². The van der Waals surface area contributed by atoms with E-state index in [2.05, 4.69) is 4.90 Å². The molecule has 0 bridgehead atoms. The van der Waals surface area contributed by atoms with Gasteiger partial charge in [0.1, 0.15) is 0 Å². The van der Waals surface area contributed by atoms with Crippen molar-refractivity contribution in [2.75, 3.05) is 26.3 Å². The number of epoxide rings is 1. The summed E-state index contributed by atoms with van der Waals surface area (Å²) in [5.41, 5.74) is 0. The minimum absolute atomic E-state index is 0.143. The fourth-order valence-electron chi connectivity index (χ4n) is 1.81. The summed E-state index contributed by atoms with van der Waals surface area (Å²) in [5, 5.41) is 18.3. The molecule has 3 atom stereocenters. The molecule has 2 N–H and O–H groups in total. The number of likely N-dealkylation sites (tertiary alicyclic amines) is 1. The number of β-amino-alcohol motifs (C(OH)–C–C–N with tert-alkyl or cyclic N) is 1. The van der Waals surface area contributed by atoms with Crippen LogP contribution in [0.3, 0.4) is 0 Å². The minimum Gasteiger partial charge on any atom is -0.395 e. The van der Waals surface area contributed by atoms with Crippen LogP contribution in [-0.4, -0.2) is 59.7 Å². The van der Waals surface area contributed by atoms with E-state index in [4.69, 9.17) is 9.84 Å². The Morgan fingerprint density at radius 2 is 2.25 bits per heavy atom. The van der Waals surface area contributed by atoms with Gasteiger partial charge in [0.05, 0.1) is 25.4 Å². The Morgan fingerprint density at radius 1 is 1.50 bits per heavy atom. The van der Waals surface area contributed by atoms with Crippen LogP contribution in [-0.2, 0) is 4.74 Å². The van der Waals surface area contributed by atoms with Gasteiger partial charge < -0.3 is 14.9 Å². The van der Waals surface area contributed by atoms with Crippen molar-refractivity contribution in [2.24, 2.45) is 0 Å². The summed E-state index contributed by atoms with van der Waals surface area (Å²) in [7, 11) is 0. The number of rotatable bonds is 3. The SMILES string of the molecule is OCC1CC(O)CN1C[C@H]1CO1. The zero-order valence-corrected chi connectivity index (χ0v) is 7.02. The molecule has 0 amide bonds. The van der Waals surface area contributed by atoms with Crippen LogP contribution in [0.4, 0.5) is 0 Å². The molecule has 0 radical (unpaired) electrons. The summed E-state index contributed by atoms with van der Waals surface area (Å²) in [6.07, 6.45) is 0.786. The Kier molecular flexibility index (Phi) is 2.32. The lowest BCUT2D eigenvalue weighted by atomic mass is 10.2. The van der Waals surface area contributed by atoms with Crippen molar-refractivity contribution in [1.29, 1.82) is 0 Å². The van der Waals surface area contributed by atoms with Crippen LogP contribution in [0.1, 0.15) is 6.42 Å². The van der Waals surface area contributed by atoms with Crippen molar-refractivity contribution >= 4 is 0 Å². The van der Waals surface area contributed by atoms with Crippen LogP contribution in [0.2, 0.25) is 0 Å². The third-order valence-electron chi connectivity index (χ3n) is 2.56. The van der Waals surface area contributed by atoms with Gasteiger partial charge in [-0.15, -0.1) is 0 Å². The van der Waals surface area contributed by atoms with E-state index < -0.39 is 0 Å². The molecule has 2 heterocycles. The van der Waals surface area contributed by atoms with Gasteiger partial charge in [0.25, 0.3) is 0 Å². The maximum absolute atomic E-state index is 9.34. The smallest absolute Gasteiger partial charge is 0.0936 e. The number of hydrogen-bond donors (Lipinski definition) is 2. The van der Waals surface area contributed by atoms with Crippen molar-refractivity contribution in [3.8, 4) is 0 Å². The largest absolute Gasteiger partial charge is 0.395 e. The van der Waals surface area contributed by atoms with E-state index in [-0.39, 0.29) is 18.8 Å². The fourth-order valence-corrected chi connectivity index (χ4v) is 1.81. The van der Waals surface area contributed by atoms with Crippen LogP contribution in [0, 0.1) is 0 Å². The van der Waals surface area contributed by atoms with Gasteiger partial charge in [-0.05, 0) is 6.42 Å². The van der Waals surface area contributed by atoms with Gasteiger partial charge in [-0.3, -0.25) is 4.90 Å².